The van der Waals surface area contributed by atoms with Crippen LogP contribution in [0.1, 0.15) is 44.5 Å². The molecular formula is C33H33N5O3. The Morgan fingerprint density at radius 2 is 1.46 bits per heavy atom. The lowest BCUT2D eigenvalue weighted by molar-refractivity contribution is 0.0942. The molecule has 0 saturated carbocycles. The van der Waals surface area contributed by atoms with Gasteiger partial charge in [0.1, 0.15) is 5.69 Å². The Labute approximate surface area is 238 Å². The normalized spacial score (nSPS) is 12.4. The van der Waals surface area contributed by atoms with Gasteiger partial charge in [-0.15, -0.1) is 4.99 Å². The van der Waals surface area contributed by atoms with Gasteiger partial charge in [-0.1, -0.05) is 77.9 Å². The van der Waals surface area contributed by atoms with Crippen LogP contribution in [-0.4, -0.2) is 37.8 Å². The molecule has 0 spiro atoms. The Balaban J connectivity index is 1.63. The number of fused-ring (bicyclic) bond motifs is 1. The molecule has 2 aromatic heterocycles. The van der Waals surface area contributed by atoms with Crippen molar-refractivity contribution in [2.45, 2.75) is 39.8 Å². The Morgan fingerprint density at radius 3 is 2.10 bits per heavy atom. The number of aryl methyl sites for hydroxylation is 3. The van der Waals surface area contributed by atoms with Crippen molar-refractivity contribution in [2.75, 3.05) is 6.54 Å². The first kappa shape index (κ1) is 27.6. The van der Waals surface area contributed by atoms with Crippen molar-refractivity contribution in [3.05, 3.63) is 130 Å². The SMILES string of the molecule is Cc1ccc(C[C@@H](CNC(=O)c2cccc(C)n2)n2c(=NC(=O)O)n(Cc3ccc(C)cc3)c3ccccc32)cc1. The minimum absolute atomic E-state index is 0.244. The van der Waals surface area contributed by atoms with Crippen molar-refractivity contribution < 1.29 is 14.7 Å². The molecule has 0 unspecified atom stereocenters. The van der Waals surface area contributed by atoms with Gasteiger partial charge in [-0.25, -0.2) is 9.78 Å². The number of carboxylic acid groups (broad SMARTS) is 1. The summed E-state index contributed by atoms with van der Waals surface area (Å²) in [7, 11) is 0. The highest BCUT2D eigenvalue weighted by Gasteiger charge is 2.22. The summed E-state index contributed by atoms with van der Waals surface area (Å²) >= 11 is 0. The van der Waals surface area contributed by atoms with Crippen molar-refractivity contribution in [3.8, 4) is 0 Å². The number of aromatic nitrogens is 3. The van der Waals surface area contributed by atoms with E-state index in [1.165, 1.54) is 0 Å². The topological polar surface area (TPSA) is 102 Å². The molecule has 2 N–H and O–H groups in total. The quantitative estimate of drug-likeness (QED) is 0.264. The number of rotatable bonds is 8. The molecule has 0 aliphatic heterocycles. The van der Waals surface area contributed by atoms with Gasteiger partial charge in [-0.3, -0.25) is 4.79 Å². The van der Waals surface area contributed by atoms with Crippen molar-refractivity contribution in [1.29, 1.82) is 0 Å². The highest BCUT2D eigenvalue weighted by Crippen LogP contribution is 2.22. The summed E-state index contributed by atoms with van der Waals surface area (Å²) in [6.45, 7) is 6.59. The summed E-state index contributed by atoms with van der Waals surface area (Å²) in [5.74, 6) is -0.289. The van der Waals surface area contributed by atoms with E-state index in [9.17, 15) is 14.7 Å². The van der Waals surface area contributed by atoms with Crippen molar-refractivity contribution in [1.82, 2.24) is 19.4 Å². The Hall–Kier alpha value is -4.98. The zero-order valence-corrected chi connectivity index (χ0v) is 23.4. The van der Waals surface area contributed by atoms with E-state index in [1.807, 2.05) is 84.5 Å². The molecule has 208 valence electrons. The maximum atomic E-state index is 13.1. The van der Waals surface area contributed by atoms with Crippen LogP contribution in [0, 0.1) is 20.8 Å². The van der Waals surface area contributed by atoms with Crippen LogP contribution in [0.25, 0.3) is 11.0 Å². The molecule has 0 aliphatic rings. The molecule has 8 heteroatoms. The molecule has 8 nitrogen and oxygen atoms in total. The fourth-order valence-corrected chi connectivity index (χ4v) is 5.05. The summed E-state index contributed by atoms with van der Waals surface area (Å²) < 4.78 is 3.88. The molecule has 0 radical (unpaired) electrons. The van der Waals surface area contributed by atoms with E-state index in [-0.39, 0.29) is 18.5 Å². The Kier molecular flexibility index (Phi) is 8.10. The second-order valence-corrected chi connectivity index (χ2v) is 10.3. The maximum absolute atomic E-state index is 13.1. The molecule has 41 heavy (non-hydrogen) atoms. The average Bonchev–Trinajstić information content (AvgIpc) is 3.25. The predicted molar refractivity (Wildman–Crippen MR) is 159 cm³/mol. The lowest BCUT2D eigenvalue weighted by Crippen LogP contribution is -2.38. The van der Waals surface area contributed by atoms with Crippen LogP contribution >= 0.6 is 0 Å². The number of nitrogens with one attached hydrogen (secondary N) is 1. The summed E-state index contributed by atoms with van der Waals surface area (Å²) in [5.41, 5.74) is 7.47. The number of amides is 2. The number of hydrogen-bond acceptors (Lipinski definition) is 3. The number of carbonyl (C=O) groups is 2. The highest BCUT2D eigenvalue weighted by atomic mass is 16.4. The molecule has 5 aromatic rings. The highest BCUT2D eigenvalue weighted by molar-refractivity contribution is 5.92. The summed E-state index contributed by atoms with van der Waals surface area (Å²) in [5, 5.41) is 12.9. The molecule has 0 aliphatic carbocycles. The fraction of sp³-hybridized carbons (Fsp3) is 0.212. The monoisotopic (exact) mass is 547 g/mol. The zero-order chi connectivity index (χ0) is 28.9. The minimum atomic E-state index is -1.28. The molecule has 2 amide bonds. The first-order chi connectivity index (χ1) is 19.8. The van der Waals surface area contributed by atoms with Crippen LogP contribution in [0.4, 0.5) is 4.79 Å². The van der Waals surface area contributed by atoms with Crippen LogP contribution in [0.5, 0.6) is 0 Å². The van der Waals surface area contributed by atoms with Gasteiger partial charge in [-0.2, -0.15) is 0 Å². The van der Waals surface area contributed by atoms with Crippen molar-refractivity contribution in [2.24, 2.45) is 4.99 Å². The number of benzene rings is 3. The van der Waals surface area contributed by atoms with E-state index >= 15 is 0 Å². The smallest absolute Gasteiger partial charge is 0.434 e. The lowest BCUT2D eigenvalue weighted by Gasteiger charge is -2.21. The predicted octanol–water partition coefficient (Wildman–Crippen LogP) is 5.60. The molecule has 2 heterocycles. The van der Waals surface area contributed by atoms with E-state index in [2.05, 4.69) is 39.6 Å². The third-order valence-electron chi connectivity index (χ3n) is 7.12. The Bertz CT molecular complexity index is 1770. The number of nitrogens with zero attached hydrogens (tertiary/aromatic N) is 4. The van der Waals surface area contributed by atoms with E-state index in [0.717, 1.165) is 39.0 Å². The third kappa shape index (κ3) is 6.44. The third-order valence-corrected chi connectivity index (χ3v) is 7.12. The van der Waals surface area contributed by atoms with E-state index < -0.39 is 6.09 Å². The molecule has 0 saturated heterocycles. The number of para-hydroxylation sites is 2. The van der Waals surface area contributed by atoms with Gasteiger partial charge in [0.15, 0.2) is 0 Å². The van der Waals surface area contributed by atoms with Gasteiger partial charge < -0.3 is 19.6 Å². The lowest BCUT2D eigenvalue weighted by atomic mass is 10.0. The van der Waals surface area contributed by atoms with Gasteiger partial charge in [0.2, 0.25) is 5.62 Å². The second-order valence-electron chi connectivity index (χ2n) is 10.3. The number of carbonyl (C=O) groups excluding carboxylic acids is 1. The van der Waals surface area contributed by atoms with E-state index in [0.29, 0.717) is 24.3 Å². The van der Waals surface area contributed by atoms with Gasteiger partial charge in [0.25, 0.3) is 5.91 Å². The molecule has 0 fully saturated rings. The fourth-order valence-electron chi connectivity index (χ4n) is 5.05. The van der Waals surface area contributed by atoms with Crippen LogP contribution in [0.15, 0.2) is 96.0 Å². The second kappa shape index (κ2) is 12.0. The molecule has 0 bridgehead atoms. The summed E-state index contributed by atoms with van der Waals surface area (Å²) in [6, 6.07) is 29.2. The van der Waals surface area contributed by atoms with E-state index in [1.54, 1.807) is 12.1 Å². The van der Waals surface area contributed by atoms with Crippen molar-refractivity contribution >= 4 is 23.0 Å². The number of pyridine rings is 1. The zero-order valence-electron chi connectivity index (χ0n) is 23.4. The molecular weight excluding hydrogens is 514 g/mol. The van der Waals surface area contributed by atoms with Crippen LogP contribution in [-0.2, 0) is 13.0 Å². The first-order valence-corrected chi connectivity index (χ1v) is 13.6. The van der Waals surface area contributed by atoms with Gasteiger partial charge in [0.05, 0.1) is 23.6 Å². The number of imidazole rings is 1. The summed E-state index contributed by atoms with van der Waals surface area (Å²) in [6.07, 6.45) is -0.735. The van der Waals surface area contributed by atoms with Crippen LogP contribution < -0.4 is 10.9 Å². The summed E-state index contributed by atoms with van der Waals surface area (Å²) in [4.78, 5) is 33.7. The standard InChI is InChI=1S/C33H33N5O3/c1-22-11-15-25(16-12-22)19-27(20-34-31(39)28-8-6-7-24(3)35-28)38-30-10-5-4-9-29(30)37(32(38)36-33(40)41)21-26-17-13-23(2)14-18-26/h4-18,27H,19-21H2,1-3H3,(H,34,39)(H,40,41)/t27-/m0/s1. The first-order valence-electron chi connectivity index (χ1n) is 13.6. The number of hydrogen-bond donors (Lipinski definition) is 2. The Morgan fingerprint density at radius 1 is 0.829 bits per heavy atom. The average molecular weight is 548 g/mol. The van der Waals surface area contributed by atoms with Gasteiger partial charge >= 0.3 is 6.09 Å². The minimum Gasteiger partial charge on any atom is -0.463 e. The largest absolute Gasteiger partial charge is 0.463 e. The van der Waals surface area contributed by atoms with E-state index in [4.69, 9.17) is 0 Å². The maximum Gasteiger partial charge on any atom is 0.434 e. The van der Waals surface area contributed by atoms with Crippen LogP contribution in [0.2, 0.25) is 0 Å². The van der Waals surface area contributed by atoms with Crippen LogP contribution in [0.3, 0.4) is 0 Å². The van der Waals surface area contributed by atoms with Gasteiger partial charge in [-0.05, 0) is 62.6 Å². The molecule has 5 rings (SSSR count). The molecule has 1 atom stereocenters. The molecule has 3 aromatic carbocycles. The van der Waals surface area contributed by atoms with Gasteiger partial charge in [0, 0.05) is 12.2 Å². The van der Waals surface area contributed by atoms with Crippen molar-refractivity contribution in [3.63, 3.8) is 0 Å².